The van der Waals surface area contributed by atoms with E-state index in [1.165, 1.54) is 43.5 Å². The van der Waals surface area contributed by atoms with Crippen LogP contribution in [0.3, 0.4) is 0 Å². The van der Waals surface area contributed by atoms with E-state index in [1.54, 1.807) is 0 Å². The summed E-state index contributed by atoms with van der Waals surface area (Å²) in [4.78, 5) is 11.6. The van der Waals surface area contributed by atoms with Crippen molar-refractivity contribution in [1.29, 1.82) is 0 Å². The highest BCUT2D eigenvalue weighted by molar-refractivity contribution is 5.94. The Kier molecular flexibility index (Phi) is 3.54. The molecule has 0 spiro atoms. The summed E-state index contributed by atoms with van der Waals surface area (Å²) in [6.07, 6.45) is 4.99. The van der Waals surface area contributed by atoms with Crippen molar-refractivity contribution in [1.82, 2.24) is 5.32 Å². The van der Waals surface area contributed by atoms with E-state index in [0.29, 0.717) is 5.56 Å². The second kappa shape index (κ2) is 5.10. The van der Waals surface area contributed by atoms with Gasteiger partial charge in [0.1, 0.15) is 5.82 Å². The molecule has 0 aromatic heterocycles. The number of amides is 1. The van der Waals surface area contributed by atoms with Gasteiger partial charge in [-0.25, -0.2) is 4.39 Å². The number of halogens is 1. The van der Waals surface area contributed by atoms with Gasteiger partial charge in [-0.2, -0.15) is 0 Å². The molecule has 0 atom stereocenters. The molecule has 0 heterocycles. The molecule has 1 aromatic rings. The fourth-order valence-corrected chi connectivity index (χ4v) is 1.87. The van der Waals surface area contributed by atoms with Crippen LogP contribution in [0.4, 0.5) is 4.39 Å². The number of hydrogen-bond acceptors (Lipinski definition) is 1. The van der Waals surface area contributed by atoms with Crippen molar-refractivity contribution >= 4 is 5.91 Å². The van der Waals surface area contributed by atoms with E-state index in [2.05, 4.69) is 5.32 Å². The highest BCUT2D eigenvalue weighted by Gasteiger charge is 2.16. The predicted molar refractivity (Wildman–Crippen MR) is 60.7 cm³/mol. The van der Waals surface area contributed by atoms with Gasteiger partial charge in [0.15, 0.2) is 0 Å². The van der Waals surface area contributed by atoms with Gasteiger partial charge in [-0.15, -0.1) is 0 Å². The third-order valence-electron chi connectivity index (χ3n) is 3.17. The largest absolute Gasteiger partial charge is 0.352 e. The summed E-state index contributed by atoms with van der Waals surface area (Å²) in [5.41, 5.74) is 0.523. The predicted octanol–water partition coefficient (Wildman–Crippen LogP) is 2.75. The van der Waals surface area contributed by atoms with E-state index in [9.17, 15) is 9.18 Å². The Bertz CT molecular complexity index is 357. The van der Waals surface area contributed by atoms with E-state index in [4.69, 9.17) is 0 Å². The first-order chi connectivity index (χ1) is 7.75. The molecule has 86 valence electrons. The summed E-state index contributed by atoms with van der Waals surface area (Å²) in [7, 11) is 0. The first-order valence-corrected chi connectivity index (χ1v) is 5.79. The summed E-state index contributed by atoms with van der Waals surface area (Å²) in [5.74, 6) is 0.374. The Morgan fingerprint density at radius 3 is 2.56 bits per heavy atom. The normalized spacial score (nSPS) is 15.6. The highest BCUT2D eigenvalue weighted by atomic mass is 19.1. The van der Waals surface area contributed by atoms with Crippen LogP contribution in [0, 0.1) is 11.7 Å². The standard InChI is InChI=1S/C13H16FNO/c14-12-6-4-11(5-7-12)13(16)15-9-8-10-2-1-3-10/h4-7,10H,1-3,8-9H2,(H,15,16). The van der Waals surface area contributed by atoms with E-state index in [1.807, 2.05) is 0 Å². The van der Waals surface area contributed by atoms with Crippen LogP contribution >= 0.6 is 0 Å². The molecule has 0 saturated heterocycles. The van der Waals surface area contributed by atoms with Gasteiger partial charge in [0.25, 0.3) is 5.91 Å². The second-order valence-corrected chi connectivity index (χ2v) is 4.35. The minimum absolute atomic E-state index is 0.112. The molecular weight excluding hydrogens is 205 g/mol. The fourth-order valence-electron chi connectivity index (χ4n) is 1.87. The summed E-state index contributed by atoms with van der Waals surface area (Å²) in [6.45, 7) is 0.723. The number of carbonyl (C=O) groups excluding carboxylic acids is 1. The smallest absolute Gasteiger partial charge is 0.251 e. The molecule has 0 radical (unpaired) electrons. The third-order valence-corrected chi connectivity index (χ3v) is 3.17. The minimum atomic E-state index is -0.314. The zero-order valence-corrected chi connectivity index (χ0v) is 9.21. The topological polar surface area (TPSA) is 29.1 Å². The SMILES string of the molecule is O=C(NCCC1CCC1)c1ccc(F)cc1. The van der Waals surface area contributed by atoms with Crippen LogP contribution < -0.4 is 5.32 Å². The van der Waals surface area contributed by atoms with Gasteiger partial charge in [-0.3, -0.25) is 4.79 Å². The minimum Gasteiger partial charge on any atom is -0.352 e. The lowest BCUT2D eigenvalue weighted by Gasteiger charge is -2.25. The lowest BCUT2D eigenvalue weighted by atomic mass is 9.83. The van der Waals surface area contributed by atoms with Gasteiger partial charge in [-0.05, 0) is 36.6 Å². The van der Waals surface area contributed by atoms with Gasteiger partial charge >= 0.3 is 0 Å². The maximum absolute atomic E-state index is 12.6. The number of carbonyl (C=O) groups is 1. The van der Waals surface area contributed by atoms with Gasteiger partial charge in [0, 0.05) is 12.1 Å². The van der Waals surface area contributed by atoms with Crippen molar-refractivity contribution in [2.45, 2.75) is 25.7 Å². The Morgan fingerprint density at radius 2 is 2.00 bits per heavy atom. The molecule has 1 aliphatic rings. The molecule has 2 rings (SSSR count). The van der Waals surface area contributed by atoms with E-state index < -0.39 is 0 Å². The van der Waals surface area contributed by atoms with Crippen LogP contribution in [0.25, 0.3) is 0 Å². The van der Waals surface area contributed by atoms with Crippen LogP contribution in [-0.2, 0) is 0 Å². The van der Waals surface area contributed by atoms with Crippen molar-refractivity contribution in [3.63, 3.8) is 0 Å². The molecule has 0 bridgehead atoms. The zero-order chi connectivity index (χ0) is 11.4. The molecule has 0 aliphatic heterocycles. The molecule has 1 aliphatic carbocycles. The van der Waals surface area contributed by atoms with Crippen molar-refractivity contribution < 1.29 is 9.18 Å². The van der Waals surface area contributed by atoms with Crippen LogP contribution in [0.1, 0.15) is 36.0 Å². The average Bonchev–Trinajstić information content (AvgIpc) is 2.22. The summed E-state index contributed by atoms with van der Waals surface area (Å²) in [6, 6.07) is 5.63. The Labute approximate surface area is 94.9 Å². The van der Waals surface area contributed by atoms with E-state index in [0.717, 1.165) is 18.9 Å². The maximum Gasteiger partial charge on any atom is 0.251 e. The fraction of sp³-hybridized carbons (Fsp3) is 0.462. The van der Waals surface area contributed by atoms with Crippen molar-refractivity contribution in [3.8, 4) is 0 Å². The highest BCUT2D eigenvalue weighted by Crippen LogP contribution is 2.28. The number of nitrogens with one attached hydrogen (secondary N) is 1. The van der Waals surface area contributed by atoms with Gasteiger partial charge in [-0.1, -0.05) is 19.3 Å². The van der Waals surface area contributed by atoms with Crippen molar-refractivity contribution in [3.05, 3.63) is 35.6 Å². The molecule has 2 nitrogen and oxygen atoms in total. The first-order valence-electron chi connectivity index (χ1n) is 5.79. The van der Waals surface area contributed by atoms with E-state index >= 15 is 0 Å². The van der Waals surface area contributed by atoms with Crippen LogP contribution in [-0.4, -0.2) is 12.5 Å². The number of rotatable bonds is 4. The van der Waals surface area contributed by atoms with Gasteiger partial charge in [0.05, 0.1) is 0 Å². The average molecular weight is 221 g/mol. The molecular formula is C13H16FNO. The summed E-state index contributed by atoms with van der Waals surface area (Å²) in [5, 5.41) is 2.86. The quantitative estimate of drug-likeness (QED) is 0.832. The lowest BCUT2D eigenvalue weighted by Crippen LogP contribution is -2.27. The first kappa shape index (κ1) is 11.1. The van der Waals surface area contributed by atoms with Gasteiger partial charge in [0.2, 0.25) is 0 Å². The van der Waals surface area contributed by atoms with Crippen LogP contribution in [0.15, 0.2) is 24.3 Å². The van der Waals surface area contributed by atoms with E-state index in [-0.39, 0.29) is 11.7 Å². The third kappa shape index (κ3) is 2.81. The second-order valence-electron chi connectivity index (χ2n) is 4.35. The number of hydrogen-bond donors (Lipinski definition) is 1. The van der Waals surface area contributed by atoms with Crippen LogP contribution in [0.5, 0.6) is 0 Å². The molecule has 0 unspecified atom stereocenters. The molecule has 1 amide bonds. The molecule has 1 fully saturated rings. The Balaban J connectivity index is 1.76. The van der Waals surface area contributed by atoms with Crippen molar-refractivity contribution in [2.24, 2.45) is 5.92 Å². The zero-order valence-electron chi connectivity index (χ0n) is 9.21. The molecule has 1 saturated carbocycles. The molecule has 1 N–H and O–H groups in total. The summed E-state index contributed by atoms with van der Waals surface area (Å²) >= 11 is 0. The Morgan fingerprint density at radius 1 is 1.31 bits per heavy atom. The van der Waals surface area contributed by atoms with Crippen molar-refractivity contribution in [2.75, 3.05) is 6.54 Å². The molecule has 1 aromatic carbocycles. The Hall–Kier alpha value is -1.38. The van der Waals surface area contributed by atoms with Gasteiger partial charge < -0.3 is 5.32 Å². The lowest BCUT2D eigenvalue weighted by molar-refractivity contribution is 0.0949. The molecule has 16 heavy (non-hydrogen) atoms. The van der Waals surface area contributed by atoms with Crippen LogP contribution in [0.2, 0.25) is 0 Å². The molecule has 3 heteroatoms. The summed E-state index contributed by atoms with van der Waals surface area (Å²) < 4.78 is 12.6. The monoisotopic (exact) mass is 221 g/mol. The maximum atomic E-state index is 12.6. The number of benzene rings is 1.